The molecule has 1 heterocycles. The molecule has 1 aromatic carbocycles. The topological polar surface area (TPSA) is 90.7 Å². The van der Waals surface area contributed by atoms with Crippen molar-refractivity contribution < 1.29 is 13.2 Å². The number of halogens is 4. The third-order valence-corrected chi connectivity index (χ3v) is 2.53. The molecule has 19 heavy (non-hydrogen) atoms. The van der Waals surface area contributed by atoms with Crippen molar-refractivity contribution in [3.05, 3.63) is 28.8 Å². The lowest BCUT2D eigenvalue weighted by molar-refractivity contribution is -0.137. The van der Waals surface area contributed by atoms with Crippen LogP contribution in [0.5, 0.6) is 0 Å². The molecule has 0 saturated carbocycles. The van der Waals surface area contributed by atoms with Gasteiger partial charge in [-0.15, -0.1) is 0 Å². The summed E-state index contributed by atoms with van der Waals surface area (Å²) in [6, 6.07) is 2.80. The van der Waals surface area contributed by atoms with Crippen molar-refractivity contribution in [2.24, 2.45) is 0 Å². The van der Waals surface area contributed by atoms with Gasteiger partial charge in [0.15, 0.2) is 5.82 Å². The van der Waals surface area contributed by atoms with E-state index in [0.717, 1.165) is 18.2 Å². The second-order valence-electron chi connectivity index (χ2n) is 3.57. The van der Waals surface area contributed by atoms with Crippen molar-refractivity contribution in [1.29, 1.82) is 0 Å². The highest BCUT2D eigenvalue weighted by molar-refractivity contribution is 6.33. The summed E-state index contributed by atoms with van der Waals surface area (Å²) in [4.78, 5) is 11.0. The zero-order valence-corrected chi connectivity index (χ0v) is 10.00. The molecule has 0 saturated heterocycles. The minimum Gasteiger partial charge on any atom is -0.368 e. The number of anilines is 2. The molecule has 0 aliphatic carbocycles. The summed E-state index contributed by atoms with van der Waals surface area (Å²) in [6.45, 7) is 0. The summed E-state index contributed by atoms with van der Waals surface area (Å²) in [7, 11) is 0. The van der Waals surface area contributed by atoms with Gasteiger partial charge in [-0.05, 0) is 18.2 Å². The molecule has 0 amide bonds. The van der Waals surface area contributed by atoms with E-state index >= 15 is 0 Å². The highest BCUT2D eigenvalue weighted by Crippen LogP contribution is 2.34. The standard InChI is InChI=1S/C10H7ClF3N5/c11-6-2-1-4(10(12,13)14)3-5(6)7-17-8(15)19-9(16)18-7/h1-3H,(H4,15,16,17,18,19). The molecule has 0 spiro atoms. The highest BCUT2D eigenvalue weighted by atomic mass is 35.5. The number of rotatable bonds is 1. The molecular weight excluding hydrogens is 283 g/mol. The van der Waals surface area contributed by atoms with Gasteiger partial charge in [0.25, 0.3) is 0 Å². The predicted octanol–water partition coefficient (Wildman–Crippen LogP) is 2.38. The number of hydrogen-bond donors (Lipinski definition) is 2. The van der Waals surface area contributed by atoms with Gasteiger partial charge in [-0.3, -0.25) is 0 Å². The number of nitrogens with two attached hydrogens (primary N) is 2. The van der Waals surface area contributed by atoms with E-state index in [9.17, 15) is 13.2 Å². The first-order valence-corrected chi connectivity index (χ1v) is 5.29. The summed E-state index contributed by atoms with van der Waals surface area (Å²) < 4.78 is 37.9. The lowest BCUT2D eigenvalue weighted by Crippen LogP contribution is -2.07. The molecule has 2 aromatic rings. The molecular formula is C10H7ClF3N5. The van der Waals surface area contributed by atoms with Crippen LogP contribution in [0.2, 0.25) is 5.02 Å². The van der Waals surface area contributed by atoms with E-state index in [1.165, 1.54) is 0 Å². The van der Waals surface area contributed by atoms with Crippen LogP contribution in [0, 0.1) is 0 Å². The molecule has 100 valence electrons. The SMILES string of the molecule is Nc1nc(N)nc(-c2cc(C(F)(F)F)ccc2Cl)n1. The maximum Gasteiger partial charge on any atom is 0.416 e. The minimum atomic E-state index is -4.50. The Bertz CT molecular complexity index is 609. The first-order chi connectivity index (χ1) is 8.77. The summed E-state index contributed by atoms with van der Waals surface area (Å²) in [5, 5.41) is 0.0537. The van der Waals surface area contributed by atoms with Crippen LogP contribution in [0.1, 0.15) is 5.56 Å². The minimum absolute atomic E-state index is 0.0164. The van der Waals surface area contributed by atoms with Gasteiger partial charge in [0.1, 0.15) is 0 Å². The fraction of sp³-hybridized carbons (Fsp3) is 0.100. The normalized spacial score (nSPS) is 11.6. The third kappa shape index (κ3) is 2.84. The van der Waals surface area contributed by atoms with Crippen molar-refractivity contribution in [1.82, 2.24) is 15.0 Å². The Balaban J connectivity index is 2.61. The lowest BCUT2D eigenvalue weighted by Gasteiger charge is -2.10. The molecule has 0 bridgehead atoms. The predicted molar refractivity (Wildman–Crippen MR) is 64.1 cm³/mol. The molecule has 0 aliphatic rings. The number of nitrogen functional groups attached to an aromatic ring is 2. The average molecular weight is 290 g/mol. The Kier molecular flexibility index (Phi) is 3.19. The van der Waals surface area contributed by atoms with E-state index in [0.29, 0.717) is 0 Å². The highest BCUT2D eigenvalue weighted by Gasteiger charge is 2.31. The van der Waals surface area contributed by atoms with Crippen LogP contribution >= 0.6 is 11.6 Å². The Hall–Kier alpha value is -2.09. The van der Waals surface area contributed by atoms with Gasteiger partial charge in [-0.2, -0.15) is 28.1 Å². The maximum absolute atomic E-state index is 12.6. The van der Waals surface area contributed by atoms with Crippen molar-refractivity contribution in [3.63, 3.8) is 0 Å². The van der Waals surface area contributed by atoms with E-state index in [1.54, 1.807) is 0 Å². The molecule has 1 aromatic heterocycles. The Morgan fingerprint density at radius 3 is 2.11 bits per heavy atom. The van der Waals surface area contributed by atoms with Crippen LogP contribution in [-0.4, -0.2) is 15.0 Å². The van der Waals surface area contributed by atoms with Crippen molar-refractivity contribution in [2.45, 2.75) is 6.18 Å². The van der Waals surface area contributed by atoms with E-state index < -0.39 is 11.7 Å². The number of alkyl halides is 3. The fourth-order valence-electron chi connectivity index (χ4n) is 1.40. The monoisotopic (exact) mass is 289 g/mol. The Labute approximate surface area is 110 Å². The lowest BCUT2D eigenvalue weighted by atomic mass is 10.1. The van der Waals surface area contributed by atoms with Gasteiger partial charge in [0.05, 0.1) is 10.6 Å². The van der Waals surface area contributed by atoms with Gasteiger partial charge < -0.3 is 11.5 Å². The molecule has 0 radical (unpaired) electrons. The quantitative estimate of drug-likeness (QED) is 0.841. The second-order valence-corrected chi connectivity index (χ2v) is 3.97. The molecule has 9 heteroatoms. The number of benzene rings is 1. The summed E-state index contributed by atoms with van der Waals surface area (Å²) in [6.07, 6.45) is -4.50. The zero-order valence-electron chi connectivity index (χ0n) is 9.24. The number of aromatic nitrogens is 3. The Morgan fingerprint density at radius 2 is 1.58 bits per heavy atom. The fourth-order valence-corrected chi connectivity index (χ4v) is 1.60. The van der Waals surface area contributed by atoms with E-state index in [2.05, 4.69) is 15.0 Å². The van der Waals surface area contributed by atoms with E-state index in [-0.39, 0.29) is 28.3 Å². The van der Waals surface area contributed by atoms with Crippen LogP contribution < -0.4 is 11.5 Å². The van der Waals surface area contributed by atoms with Gasteiger partial charge in [-0.25, -0.2) is 0 Å². The second kappa shape index (κ2) is 4.54. The van der Waals surface area contributed by atoms with E-state index in [1.807, 2.05) is 0 Å². The molecule has 0 fully saturated rings. The van der Waals surface area contributed by atoms with Crippen LogP contribution in [0.15, 0.2) is 18.2 Å². The molecule has 2 rings (SSSR count). The first kappa shape index (κ1) is 13.3. The van der Waals surface area contributed by atoms with Gasteiger partial charge in [0, 0.05) is 5.56 Å². The van der Waals surface area contributed by atoms with Crippen LogP contribution in [0.4, 0.5) is 25.1 Å². The molecule has 5 nitrogen and oxygen atoms in total. The van der Waals surface area contributed by atoms with Gasteiger partial charge in [0.2, 0.25) is 11.9 Å². The largest absolute Gasteiger partial charge is 0.416 e. The van der Waals surface area contributed by atoms with Crippen molar-refractivity contribution in [3.8, 4) is 11.4 Å². The molecule has 0 aliphatic heterocycles. The zero-order chi connectivity index (χ0) is 14.2. The Morgan fingerprint density at radius 1 is 1.00 bits per heavy atom. The van der Waals surface area contributed by atoms with Gasteiger partial charge in [-0.1, -0.05) is 11.6 Å². The summed E-state index contributed by atoms with van der Waals surface area (Å²) in [5.74, 6) is -0.506. The van der Waals surface area contributed by atoms with Crippen molar-refractivity contribution in [2.75, 3.05) is 11.5 Å². The average Bonchev–Trinajstić information content (AvgIpc) is 2.26. The van der Waals surface area contributed by atoms with Gasteiger partial charge >= 0.3 is 6.18 Å². The maximum atomic E-state index is 12.6. The third-order valence-electron chi connectivity index (χ3n) is 2.20. The molecule has 4 N–H and O–H groups in total. The van der Waals surface area contributed by atoms with Crippen LogP contribution in [-0.2, 0) is 6.18 Å². The van der Waals surface area contributed by atoms with Crippen molar-refractivity contribution >= 4 is 23.5 Å². The first-order valence-electron chi connectivity index (χ1n) is 4.91. The van der Waals surface area contributed by atoms with Crippen LogP contribution in [0.3, 0.4) is 0 Å². The number of hydrogen-bond acceptors (Lipinski definition) is 5. The molecule has 0 unspecified atom stereocenters. The van der Waals surface area contributed by atoms with Crippen LogP contribution in [0.25, 0.3) is 11.4 Å². The number of nitrogens with zero attached hydrogens (tertiary/aromatic N) is 3. The molecule has 0 atom stereocenters. The van der Waals surface area contributed by atoms with E-state index in [4.69, 9.17) is 23.1 Å². The summed E-state index contributed by atoms with van der Waals surface area (Å²) >= 11 is 5.84. The smallest absolute Gasteiger partial charge is 0.368 e. The summed E-state index contributed by atoms with van der Waals surface area (Å²) in [5.41, 5.74) is 9.84.